The molecule has 1 saturated heterocycles. The third kappa shape index (κ3) is 2.83. The molecule has 16 heavy (non-hydrogen) atoms. The van der Waals surface area contributed by atoms with Gasteiger partial charge in [-0.3, -0.25) is 0 Å². The Morgan fingerprint density at radius 2 is 2.50 bits per heavy atom. The maximum atomic E-state index is 5.69. The van der Waals surface area contributed by atoms with Gasteiger partial charge in [0.15, 0.2) is 0 Å². The lowest BCUT2D eigenvalue weighted by atomic mass is 10.1. The maximum Gasteiger partial charge on any atom is 0.208 e. The van der Waals surface area contributed by atoms with Crippen LogP contribution >= 0.6 is 0 Å². The van der Waals surface area contributed by atoms with E-state index in [1.54, 1.807) is 6.20 Å². The summed E-state index contributed by atoms with van der Waals surface area (Å²) < 4.78 is 11.1. The van der Waals surface area contributed by atoms with E-state index >= 15 is 0 Å². The molecule has 0 bridgehead atoms. The molecule has 0 aliphatic carbocycles. The van der Waals surface area contributed by atoms with Crippen LogP contribution in [0.25, 0.3) is 0 Å². The first-order valence-electron chi connectivity index (χ1n) is 6.06. The quantitative estimate of drug-likeness (QED) is 0.831. The van der Waals surface area contributed by atoms with Crippen LogP contribution in [0, 0.1) is 6.92 Å². The van der Waals surface area contributed by atoms with E-state index in [1.165, 1.54) is 6.42 Å². The number of aromatic nitrogens is 1. The van der Waals surface area contributed by atoms with Crippen molar-refractivity contribution in [3.63, 3.8) is 0 Å². The van der Waals surface area contributed by atoms with Crippen molar-refractivity contribution >= 4 is 0 Å². The van der Waals surface area contributed by atoms with Gasteiger partial charge in [0.2, 0.25) is 5.89 Å². The molecule has 1 aromatic heterocycles. The second-order valence-corrected chi connectivity index (χ2v) is 4.31. The van der Waals surface area contributed by atoms with Gasteiger partial charge in [0.25, 0.3) is 0 Å². The molecule has 2 atom stereocenters. The maximum absolute atomic E-state index is 5.69. The highest BCUT2D eigenvalue weighted by Gasteiger charge is 2.24. The summed E-state index contributed by atoms with van der Waals surface area (Å²) in [7, 11) is 0. The smallest absolute Gasteiger partial charge is 0.208 e. The molecule has 1 N–H and O–H groups in total. The van der Waals surface area contributed by atoms with Gasteiger partial charge in [0, 0.05) is 12.6 Å². The molecular weight excluding hydrogens is 204 g/mol. The van der Waals surface area contributed by atoms with Crippen molar-refractivity contribution in [1.29, 1.82) is 0 Å². The third-order valence-electron chi connectivity index (χ3n) is 3.04. The van der Waals surface area contributed by atoms with Gasteiger partial charge in [0.05, 0.1) is 18.8 Å². The molecule has 0 saturated carbocycles. The second kappa shape index (κ2) is 5.46. The Hall–Kier alpha value is -0.870. The average molecular weight is 224 g/mol. The van der Waals surface area contributed by atoms with Gasteiger partial charge in [-0.15, -0.1) is 0 Å². The Labute approximate surface area is 96.4 Å². The SMILES string of the molecule is CC[C@@H](NCc1ncc(C)o1)[C@H]1CCCO1. The molecule has 0 spiro atoms. The molecule has 90 valence electrons. The topological polar surface area (TPSA) is 47.3 Å². The van der Waals surface area contributed by atoms with E-state index in [9.17, 15) is 0 Å². The molecule has 4 nitrogen and oxygen atoms in total. The van der Waals surface area contributed by atoms with E-state index < -0.39 is 0 Å². The molecule has 2 heterocycles. The number of nitrogens with zero attached hydrogens (tertiary/aromatic N) is 1. The van der Waals surface area contributed by atoms with Crippen LogP contribution in [0.5, 0.6) is 0 Å². The third-order valence-corrected chi connectivity index (χ3v) is 3.04. The van der Waals surface area contributed by atoms with E-state index in [1.807, 2.05) is 6.92 Å². The molecule has 0 unspecified atom stereocenters. The van der Waals surface area contributed by atoms with Crippen LogP contribution in [0.3, 0.4) is 0 Å². The van der Waals surface area contributed by atoms with Crippen molar-refractivity contribution in [3.8, 4) is 0 Å². The van der Waals surface area contributed by atoms with Gasteiger partial charge in [-0.2, -0.15) is 0 Å². The largest absolute Gasteiger partial charge is 0.445 e. The molecule has 0 radical (unpaired) electrons. The van der Waals surface area contributed by atoms with Crippen LogP contribution in [0.1, 0.15) is 37.8 Å². The van der Waals surface area contributed by atoms with Crippen molar-refractivity contribution in [1.82, 2.24) is 10.3 Å². The summed E-state index contributed by atoms with van der Waals surface area (Å²) in [5.41, 5.74) is 0. The van der Waals surface area contributed by atoms with Gasteiger partial charge in [-0.1, -0.05) is 6.92 Å². The van der Waals surface area contributed by atoms with Gasteiger partial charge in [0.1, 0.15) is 5.76 Å². The van der Waals surface area contributed by atoms with Gasteiger partial charge in [-0.05, 0) is 26.2 Å². The van der Waals surface area contributed by atoms with Crippen LogP contribution in [0.4, 0.5) is 0 Å². The summed E-state index contributed by atoms with van der Waals surface area (Å²) in [4.78, 5) is 4.18. The van der Waals surface area contributed by atoms with Crippen LogP contribution in [-0.2, 0) is 11.3 Å². The molecule has 0 aromatic carbocycles. The highest BCUT2D eigenvalue weighted by Crippen LogP contribution is 2.17. The molecule has 1 aliphatic heterocycles. The first-order valence-corrected chi connectivity index (χ1v) is 6.06. The van der Waals surface area contributed by atoms with E-state index in [4.69, 9.17) is 9.15 Å². The summed E-state index contributed by atoms with van der Waals surface area (Å²) in [6, 6.07) is 0.412. The first-order chi connectivity index (χ1) is 7.79. The zero-order valence-electron chi connectivity index (χ0n) is 10.0. The first kappa shape index (κ1) is 11.6. The fraction of sp³-hybridized carbons (Fsp3) is 0.750. The molecule has 1 fully saturated rings. The fourth-order valence-electron chi connectivity index (χ4n) is 2.16. The number of oxazole rings is 1. The summed E-state index contributed by atoms with van der Waals surface area (Å²) >= 11 is 0. The molecule has 2 rings (SSSR count). The minimum Gasteiger partial charge on any atom is -0.445 e. The Morgan fingerprint density at radius 1 is 1.62 bits per heavy atom. The summed E-state index contributed by atoms with van der Waals surface area (Å²) in [5, 5.41) is 3.46. The number of hydrogen-bond donors (Lipinski definition) is 1. The lowest BCUT2D eigenvalue weighted by Crippen LogP contribution is -2.38. The van der Waals surface area contributed by atoms with Crippen LogP contribution in [-0.4, -0.2) is 23.7 Å². The molecule has 1 aromatic rings. The van der Waals surface area contributed by atoms with Crippen molar-refractivity contribution in [2.24, 2.45) is 0 Å². The highest BCUT2D eigenvalue weighted by atomic mass is 16.5. The summed E-state index contributed by atoms with van der Waals surface area (Å²) in [6.45, 7) is 5.68. The normalized spacial score (nSPS) is 22.5. The zero-order chi connectivity index (χ0) is 11.4. The number of ether oxygens (including phenoxy) is 1. The van der Waals surface area contributed by atoms with Gasteiger partial charge < -0.3 is 14.5 Å². The van der Waals surface area contributed by atoms with Crippen molar-refractivity contribution in [3.05, 3.63) is 17.8 Å². The van der Waals surface area contributed by atoms with Crippen molar-refractivity contribution in [2.75, 3.05) is 6.61 Å². The van der Waals surface area contributed by atoms with Gasteiger partial charge >= 0.3 is 0 Å². The Kier molecular flexibility index (Phi) is 3.96. The van der Waals surface area contributed by atoms with Crippen molar-refractivity contribution in [2.45, 2.75) is 51.8 Å². The fourth-order valence-corrected chi connectivity index (χ4v) is 2.16. The number of rotatable bonds is 5. The second-order valence-electron chi connectivity index (χ2n) is 4.31. The van der Waals surface area contributed by atoms with E-state index in [0.29, 0.717) is 18.7 Å². The van der Waals surface area contributed by atoms with Gasteiger partial charge in [-0.25, -0.2) is 4.98 Å². The predicted octanol–water partition coefficient (Wildman–Crippen LogP) is 2.03. The Bertz CT molecular complexity index is 319. The molecule has 1 aliphatic rings. The average Bonchev–Trinajstić information content (AvgIpc) is 2.91. The lowest BCUT2D eigenvalue weighted by molar-refractivity contribution is 0.0756. The van der Waals surface area contributed by atoms with Crippen LogP contribution < -0.4 is 5.32 Å². The van der Waals surface area contributed by atoms with Crippen LogP contribution in [0.15, 0.2) is 10.6 Å². The Balaban J connectivity index is 1.82. The standard InChI is InChI=1S/C12H20N2O2/c1-3-10(11-5-4-6-15-11)13-8-12-14-7-9(2)16-12/h7,10-11,13H,3-6,8H2,1-2H3/t10-,11-/m1/s1. The van der Waals surface area contributed by atoms with Crippen LogP contribution in [0.2, 0.25) is 0 Å². The van der Waals surface area contributed by atoms with Crippen molar-refractivity contribution < 1.29 is 9.15 Å². The Morgan fingerprint density at radius 3 is 3.06 bits per heavy atom. The molecule has 4 heteroatoms. The number of nitrogens with one attached hydrogen (secondary N) is 1. The predicted molar refractivity (Wildman–Crippen MR) is 61.1 cm³/mol. The van der Waals surface area contributed by atoms with E-state index in [-0.39, 0.29) is 0 Å². The summed E-state index contributed by atoms with van der Waals surface area (Å²) in [6.07, 6.45) is 5.53. The minimum absolute atomic E-state index is 0.362. The highest BCUT2D eigenvalue weighted by molar-refractivity contribution is 4.91. The lowest BCUT2D eigenvalue weighted by Gasteiger charge is -2.22. The molecule has 0 amide bonds. The van der Waals surface area contributed by atoms with E-state index in [2.05, 4.69) is 17.2 Å². The zero-order valence-corrected chi connectivity index (χ0v) is 10.0. The van der Waals surface area contributed by atoms with E-state index in [0.717, 1.165) is 31.1 Å². The monoisotopic (exact) mass is 224 g/mol. The number of hydrogen-bond acceptors (Lipinski definition) is 4. The number of aryl methyl sites for hydroxylation is 1. The minimum atomic E-state index is 0.362. The summed E-state index contributed by atoms with van der Waals surface area (Å²) in [5.74, 6) is 1.62. The molecular formula is C12H20N2O2.